The first-order chi connectivity index (χ1) is 17.5. The SMILES string of the molecule is C[C@H]1CN(Cc2ccccc2)C(=O)[C@H](C)N1c1nc2c(C(=O)NC3CN4CCC3CC4)cccc2o1.Cl. The van der Waals surface area contributed by atoms with Crippen LogP contribution < -0.4 is 10.2 Å². The minimum atomic E-state index is -0.422. The fraction of sp³-hybridized carbons (Fsp3) is 0.464. The molecular weight excluding hydrogens is 490 g/mol. The Bertz CT molecular complexity index is 1270. The van der Waals surface area contributed by atoms with Crippen molar-refractivity contribution in [3.8, 4) is 0 Å². The molecule has 0 saturated carbocycles. The number of rotatable bonds is 5. The highest BCUT2D eigenvalue weighted by molar-refractivity contribution is 6.05. The summed E-state index contributed by atoms with van der Waals surface area (Å²) in [6.07, 6.45) is 2.28. The third kappa shape index (κ3) is 4.80. The van der Waals surface area contributed by atoms with Gasteiger partial charge in [0.1, 0.15) is 11.6 Å². The summed E-state index contributed by atoms with van der Waals surface area (Å²) in [6.45, 7) is 8.31. The van der Waals surface area contributed by atoms with Gasteiger partial charge in [-0.2, -0.15) is 4.98 Å². The fourth-order valence-electron chi connectivity index (χ4n) is 6.17. The van der Waals surface area contributed by atoms with Crippen molar-refractivity contribution in [1.82, 2.24) is 20.1 Å². The van der Waals surface area contributed by atoms with Crippen molar-refractivity contribution in [1.29, 1.82) is 0 Å². The highest BCUT2D eigenvalue weighted by Gasteiger charge is 2.39. The van der Waals surface area contributed by atoms with Crippen LogP contribution in [0, 0.1) is 5.92 Å². The number of nitrogens with zero attached hydrogens (tertiary/aromatic N) is 4. The Balaban J connectivity index is 0.00000280. The number of anilines is 1. The van der Waals surface area contributed by atoms with Gasteiger partial charge in [0, 0.05) is 31.7 Å². The van der Waals surface area contributed by atoms with E-state index in [-0.39, 0.29) is 36.3 Å². The zero-order valence-electron chi connectivity index (χ0n) is 21.3. The maximum absolute atomic E-state index is 13.3. The van der Waals surface area contributed by atoms with Crippen molar-refractivity contribution in [3.63, 3.8) is 0 Å². The molecule has 0 radical (unpaired) electrons. The first kappa shape index (κ1) is 25.5. The van der Waals surface area contributed by atoms with Crippen LogP contribution in [-0.4, -0.2) is 70.9 Å². The molecule has 2 amide bonds. The van der Waals surface area contributed by atoms with E-state index in [1.807, 2.05) is 59.2 Å². The van der Waals surface area contributed by atoms with Crippen LogP contribution in [0.3, 0.4) is 0 Å². The van der Waals surface area contributed by atoms with Gasteiger partial charge in [-0.1, -0.05) is 36.4 Å². The Morgan fingerprint density at radius 1 is 1.05 bits per heavy atom. The van der Waals surface area contributed by atoms with Crippen molar-refractivity contribution in [2.24, 2.45) is 5.92 Å². The zero-order valence-corrected chi connectivity index (χ0v) is 22.1. The second kappa shape index (κ2) is 10.3. The predicted octanol–water partition coefficient (Wildman–Crippen LogP) is 3.70. The summed E-state index contributed by atoms with van der Waals surface area (Å²) in [4.78, 5) is 37.6. The molecule has 3 aromatic rings. The van der Waals surface area contributed by atoms with Gasteiger partial charge in [0.05, 0.1) is 5.56 Å². The molecule has 196 valence electrons. The Morgan fingerprint density at radius 3 is 2.51 bits per heavy atom. The molecule has 0 aliphatic carbocycles. The van der Waals surface area contributed by atoms with Crippen LogP contribution in [0.5, 0.6) is 0 Å². The van der Waals surface area contributed by atoms with Crippen molar-refractivity contribution in [2.45, 2.75) is 51.4 Å². The summed E-state index contributed by atoms with van der Waals surface area (Å²) in [7, 11) is 0. The van der Waals surface area contributed by atoms with Crippen LogP contribution >= 0.6 is 12.4 Å². The van der Waals surface area contributed by atoms with E-state index in [9.17, 15) is 9.59 Å². The second-order valence-electron chi connectivity index (χ2n) is 10.5. The number of fused-ring (bicyclic) bond motifs is 4. The number of para-hydroxylation sites is 1. The van der Waals surface area contributed by atoms with Gasteiger partial charge in [-0.3, -0.25) is 9.59 Å². The van der Waals surface area contributed by atoms with E-state index >= 15 is 0 Å². The molecule has 1 N–H and O–H groups in total. The number of aromatic nitrogens is 1. The monoisotopic (exact) mass is 523 g/mol. The van der Waals surface area contributed by atoms with Gasteiger partial charge in [0.25, 0.3) is 11.9 Å². The zero-order chi connectivity index (χ0) is 24.8. The third-order valence-corrected chi connectivity index (χ3v) is 8.11. The van der Waals surface area contributed by atoms with Gasteiger partial charge < -0.3 is 24.4 Å². The van der Waals surface area contributed by atoms with Gasteiger partial charge in [0.2, 0.25) is 5.91 Å². The largest absolute Gasteiger partial charge is 0.423 e. The molecule has 4 aliphatic rings. The molecule has 2 bridgehead atoms. The number of hydrogen-bond donors (Lipinski definition) is 1. The number of oxazole rings is 1. The van der Waals surface area contributed by atoms with E-state index in [0.29, 0.717) is 41.7 Å². The lowest BCUT2D eigenvalue weighted by Gasteiger charge is -2.44. The Hall–Kier alpha value is -3.10. The van der Waals surface area contributed by atoms with E-state index < -0.39 is 6.04 Å². The quantitative estimate of drug-likeness (QED) is 0.549. The summed E-state index contributed by atoms with van der Waals surface area (Å²) in [5.74, 6) is 0.481. The number of hydrogen-bond acceptors (Lipinski definition) is 6. The van der Waals surface area contributed by atoms with Crippen molar-refractivity contribution in [3.05, 3.63) is 59.7 Å². The average molecular weight is 524 g/mol. The van der Waals surface area contributed by atoms with E-state index in [4.69, 9.17) is 9.40 Å². The fourth-order valence-corrected chi connectivity index (χ4v) is 6.17. The van der Waals surface area contributed by atoms with Crippen LogP contribution in [0.25, 0.3) is 11.1 Å². The Labute approximate surface area is 223 Å². The molecule has 4 fully saturated rings. The molecule has 0 spiro atoms. The first-order valence-electron chi connectivity index (χ1n) is 13.0. The number of benzene rings is 2. The van der Waals surface area contributed by atoms with Crippen molar-refractivity contribution < 1.29 is 14.0 Å². The Kier molecular flexibility index (Phi) is 7.14. The van der Waals surface area contributed by atoms with Crippen LogP contribution in [0.2, 0.25) is 0 Å². The van der Waals surface area contributed by atoms with Crippen LogP contribution in [0.1, 0.15) is 42.6 Å². The number of halogens is 1. The molecule has 8 nitrogen and oxygen atoms in total. The molecule has 4 aliphatic heterocycles. The molecule has 1 unspecified atom stereocenters. The van der Waals surface area contributed by atoms with E-state index in [2.05, 4.69) is 17.1 Å². The predicted molar refractivity (Wildman–Crippen MR) is 145 cm³/mol. The van der Waals surface area contributed by atoms with Crippen LogP contribution in [0.4, 0.5) is 6.01 Å². The summed E-state index contributed by atoms with van der Waals surface area (Å²) in [5.41, 5.74) is 2.74. The molecular formula is C28H34ClN5O3. The molecule has 4 saturated heterocycles. The third-order valence-electron chi connectivity index (χ3n) is 8.11. The standard InChI is InChI=1S/C28H33N5O3.ClH/c1-18-15-32(16-20-7-4-3-5-8-20)27(35)19(2)33(18)28-30-25-22(9-6-10-24(25)36-28)26(34)29-23-17-31-13-11-21(23)12-14-31;/h3-10,18-19,21,23H,11-17H2,1-2H3,(H,29,34);1H/t18-,19-,23?;/m0./s1. The highest BCUT2D eigenvalue weighted by atomic mass is 35.5. The normalized spacial score (nSPS) is 27.3. The highest BCUT2D eigenvalue weighted by Crippen LogP contribution is 2.31. The smallest absolute Gasteiger partial charge is 0.299 e. The van der Waals surface area contributed by atoms with E-state index in [0.717, 1.165) is 38.0 Å². The number of carbonyl (C=O) groups excluding carboxylic acids is 2. The van der Waals surface area contributed by atoms with Gasteiger partial charge >= 0.3 is 0 Å². The second-order valence-corrected chi connectivity index (χ2v) is 10.5. The average Bonchev–Trinajstić information content (AvgIpc) is 3.32. The maximum atomic E-state index is 13.3. The topological polar surface area (TPSA) is 81.9 Å². The molecule has 1 aromatic heterocycles. The lowest BCUT2D eigenvalue weighted by Crippen LogP contribution is -2.60. The minimum absolute atomic E-state index is 0. The lowest BCUT2D eigenvalue weighted by molar-refractivity contribution is -0.135. The van der Waals surface area contributed by atoms with E-state index in [1.165, 1.54) is 0 Å². The minimum Gasteiger partial charge on any atom is -0.423 e. The molecule has 9 heteroatoms. The summed E-state index contributed by atoms with van der Waals surface area (Å²) < 4.78 is 6.14. The summed E-state index contributed by atoms with van der Waals surface area (Å²) in [6, 6.07) is 15.7. The maximum Gasteiger partial charge on any atom is 0.299 e. The Morgan fingerprint density at radius 2 is 1.81 bits per heavy atom. The van der Waals surface area contributed by atoms with Gasteiger partial charge in [0.15, 0.2) is 5.58 Å². The molecule has 3 atom stereocenters. The van der Waals surface area contributed by atoms with Crippen molar-refractivity contribution in [2.75, 3.05) is 31.1 Å². The van der Waals surface area contributed by atoms with Gasteiger partial charge in [-0.25, -0.2) is 0 Å². The summed E-state index contributed by atoms with van der Waals surface area (Å²) >= 11 is 0. The number of piperidine rings is 3. The molecule has 7 rings (SSSR count). The number of carbonyl (C=O) groups is 2. The van der Waals surface area contributed by atoms with Crippen LogP contribution in [0.15, 0.2) is 52.9 Å². The number of nitrogens with one attached hydrogen (secondary N) is 1. The number of amides is 2. The summed E-state index contributed by atoms with van der Waals surface area (Å²) in [5, 5.41) is 3.26. The first-order valence-corrected chi connectivity index (χ1v) is 13.0. The number of piperazine rings is 1. The van der Waals surface area contributed by atoms with Crippen LogP contribution in [-0.2, 0) is 11.3 Å². The van der Waals surface area contributed by atoms with Crippen molar-refractivity contribution >= 4 is 41.3 Å². The van der Waals surface area contributed by atoms with Gasteiger partial charge in [-0.05, 0) is 63.4 Å². The van der Waals surface area contributed by atoms with E-state index in [1.54, 1.807) is 6.07 Å². The molecule has 5 heterocycles. The van der Waals surface area contributed by atoms with Gasteiger partial charge in [-0.15, -0.1) is 12.4 Å². The lowest BCUT2D eigenvalue weighted by atomic mass is 9.84. The molecule has 2 aromatic carbocycles. The molecule has 37 heavy (non-hydrogen) atoms.